The molecule has 8 heteroatoms. The number of nitrogens with zero attached hydrogens (tertiary/aromatic N) is 2. The molecular formula is C13H13Cl2N3O3. The molecule has 1 heterocycles. The second-order valence-corrected chi connectivity index (χ2v) is 5.46. The van der Waals surface area contributed by atoms with E-state index in [0.29, 0.717) is 11.4 Å². The van der Waals surface area contributed by atoms with Crippen molar-refractivity contribution < 1.29 is 9.45 Å². The maximum atomic E-state index is 10.8. The first-order valence-electron chi connectivity index (χ1n) is 6.14. The van der Waals surface area contributed by atoms with E-state index < -0.39 is 4.92 Å². The monoisotopic (exact) mass is 329 g/mol. The van der Waals surface area contributed by atoms with Gasteiger partial charge < -0.3 is 9.84 Å². The van der Waals surface area contributed by atoms with Crippen LogP contribution in [-0.2, 0) is 0 Å². The van der Waals surface area contributed by atoms with Gasteiger partial charge in [-0.25, -0.2) is 0 Å². The van der Waals surface area contributed by atoms with Gasteiger partial charge in [0.1, 0.15) is 5.76 Å². The molecule has 2 rings (SSSR count). The van der Waals surface area contributed by atoms with Gasteiger partial charge in [0.25, 0.3) is 5.69 Å². The van der Waals surface area contributed by atoms with Crippen LogP contribution < -0.4 is 5.32 Å². The summed E-state index contributed by atoms with van der Waals surface area (Å²) in [5.41, 5.74) is 1.96. The van der Waals surface area contributed by atoms with Crippen molar-refractivity contribution in [2.75, 3.05) is 5.32 Å². The number of hydrogen-bond acceptors (Lipinski definition) is 5. The van der Waals surface area contributed by atoms with E-state index in [4.69, 9.17) is 27.7 Å². The second-order valence-electron chi connectivity index (χ2n) is 4.65. The van der Waals surface area contributed by atoms with Crippen molar-refractivity contribution in [1.29, 1.82) is 0 Å². The molecule has 6 nitrogen and oxygen atoms in total. The van der Waals surface area contributed by atoms with Crippen LogP contribution in [-0.4, -0.2) is 10.1 Å². The fourth-order valence-corrected chi connectivity index (χ4v) is 2.78. The zero-order valence-electron chi connectivity index (χ0n) is 11.6. The molecule has 1 unspecified atom stereocenters. The average Bonchev–Trinajstić information content (AvgIpc) is 2.73. The van der Waals surface area contributed by atoms with Gasteiger partial charge in [0.2, 0.25) is 0 Å². The number of aryl methyl sites for hydroxylation is 2. The highest BCUT2D eigenvalue weighted by atomic mass is 35.5. The molecular weight excluding hydrogens is 317 g/mol. The van der Waals surface area contributed by atoms with Gasteiger partial charge in [-0.1, -0.05) is 28.4 Å². The summed E-state index contributed by atoms with van der Waals surface area (Å²) in [7, 11) is 0. The SMILES string of the molecule is Cc1noc(C)c1C(C)Nc1c(Cl)cc([N+](=O)[O-])cc1Cl. The largest absolute Gasteiger partial charge is 0.376 e. The summed E-state index contributed by atoms with van der Waals surface area (Å²) < 4.78 is 5.12. The highest BCUT2D eigenvalue weighted by Gasteiger charge is 2.20. The summed E-state index contributed by atoms with van der Waals surface area (Å²) in [6.45, 7) is 5.55. The van der Waals surface area contributed by atoms with Crippen molar-refractivity contribution in [1.82, 2.24) is 5.16 Å². The summed E-state index contributed by atoms with van der Waals surface area (Å²) in [5, 5.41) is 18.2. The van der Waals surface area contributed by atoms with Crippen molar-refractivity contribution in [3.63, 3.8) is 0 Å². The van der Waals surface area contributed by atoms with Crippen LogP contribution in [0.15, 0.2) is 16.7 Å². The van der Waals surface area contributed by atoms with Crippen molar-refractivity contribution in [2.24, 2.45) is 0 Å². The van der Waals surface area contributed by atoms with E-state index in [9.17, 15) is 10.1 Å². The van der Waals surface area contributed by atoms with Gasteiger partial charge in [0.05, 0.1) is 32.4 Å². The van der Waals surface area contributed by atoms with Crippen molar-refractivity contribution in [3.05, 3.63) is 49.3 Å². The van der Waals surface area contributed by atoms with E-state index in [1.54, 1.807) is 0 Å². The van der Waals surface area contributed by atoms with Gasteiger partial charge in [-0.2, -0.15) is 0 Å². The standard InChI is InChI=1S/C13H13Cl2N3O3/c1-6(12-7(2)17-21-8(12)3)16-13-10(14)4-9(18(19)20)5-11(13)15/h4-6,16H,1-3H3. The number of non-ortho nitro benzene ring substituents is 1. The highest BCUT2D eigenvalue weighted by molar-refractivity contribution is 6.39. The van der Waals surface area contributed by atoms with Crippen LogP contribution in [0.3, 0.4) is 0 Å². The number of hydrogen-bond donors (Lipinski definition) is 1. The number of nitro benzene ring substituents is 1. The Hall–Kier alpha value is -1.79. The third-order valence-electron chi connectivity index (χ3n) is 3.12. The lowest BCUT2D eigenvalue weighted by molar-refractivity contribution is -0.384. The van der Waals surface area contributed by atoms with Crippen LogP contribution in [0.2, 0.25) is 10.0 Å². The summed E-state index contributed by atoms with van der Waals surface area (Å²) in [4.78, 5) is 10.2. The molecule has 0 spiro atoms. The number of anilines is 1. The zero-order valence-corrected chi connectivity index (χ0v) is 13.1. The van der Waals surface area contributed by atoms with Crippen LogP contribution in [0.25, 0.3) is 0 Å². The van der Waals surface area contributed by atoms with Gasteiger partial charge in [-0.05, 0) is 20.8 Å². The summed E-state index contributed by atoms with van der Waals surface area (Å²) in [5.74, 6) is 0.696. The normalized spacial score (nSPS) is 12.2. The summed E-state index contributed by atoms with van der Waals surface area (Å²) in [6, 6.07) is 2.36. The predicted molar refractivity (Wildman–Crippen MR) is 81.1 cm³/mol. The van der Waals surface area contributed by atoms with E-state index >= 15 is 0 Å². The number of rotatable bonds is 4. The number of halogens is 2. The van der Waals surface area contributed by atoms with E-state index in [1.165, 1.54) is 12.1 Å². The number of nitro groups is 1. The van der Waals surface area contributed by atoms with Gasteiger partial charge in [0, 0.05) is 17.7 Å². The molecule has 21 heavy (non-hydrogen) atoms. The Labute approximate surface area is 131 Å². The second kappa shape index (κ2) is 5.91. The molecule has 0 radical (unpaired) electrons. The van der Waals surface area contributed by atoms with Gasteiger partial charge in [0.15, 0.2) is 0 Å². The molecule has 112 valence electrons. The average molecular weight is 330 g/mol. The van der Waals surface area contributed by atoms with Crippen molar-refractivity contribution in [2.45, 2.75) is 26.8 Å². The van der Waals surface area contributed by atoms with E-state index in [-0.39, 0.29) is 21.8 Å². The first-order valence-corrected chi connectivity index (χ1v) is 6.89. The van der Waals surface area contributed by atoms with Gasteiger partial charge in [-0.15, -0.1) is 0 Å². The molecule has 0 aliphatic rings. The number of nitrogens with one attached hydrogen (secondary N) is 1. The minimum absolute atomic E-state index is 0.152. The molecule has 0 saturated heterocycles. The predicted octanol–water partition coefficient (Wildman–Crippen LogP) is 4.68. The van der Waals surface area contributed by atoms with E-state index in [1.807, 2.05) is 20.8 Å². The molecule has 1 aromatic heterocycles. The zero-order chi connectivity index (χ0) is 15.7. The highest BCUT2D eigenvalue weighted by Crippen LogP contribution is 2.37. The van der Waals surface area contributed by atoms with E-state index in [2.05, 4.69) is 10.5 Å². The Kier molecular flexibility index (Phi) is 4.39. The topological polar surface area (TPSA) is 81.2 Å². The van der Waals surface area contributed by atoms with Crippen LogP contribution in [0.5, 0.6) is 0 Å². The quantitative estimate of drug-likeness (QED) is 0.650. The molecule has 0 aliphatic heterocycles. The number of aromatic nitrogens is 1. The lowest BCUT2D eigenvalue weighted by Crippen LogP contribution is -2.09. The van der Waals surface area contributed by atoms with Crippen LogP contribution in [0, 0.1) is 24.0 Å². The molecule has 1 aromatic carbocycles. The summed E-state index contributed by atoms with van der Waals surface area (Å²) in [6.07, 6.45) is 0. The molecule has 1 atom stereocenters. The Balaban J connectivity index is 2.34. The minimum atomic E-state index is -0.542. The van der Waals surface area contributed by atoms with Crippen molar-refractivity contribution >= 4 is 34.6 Å². The maximum Gasteiger partial charge on any atom is 0.272 e. The van der Waals surface area contributed by atoms with Crippen LogP contribution >= 0.6 is 23.2 Å². The fourth-order valence-electron chi connectivity index (χ4n) is 2.20. The smallest absolute Gasteiger partial charge is 0.272 e. The molecule has 0 fully saturated rings. The molecule has 0 bridgehead atoms. The maximum absolute atomic E-state index is 10.8. The Morgan fingerprint density at radius 2 is 1.90 bits per heavy atom. The van der Waals surface area contributed by atoms with E-state index in [0.717, 1.165) is 11.3 Å². The number of benzene rings is 1. The van der Waals surface area contributed by atoms with Crippen LogP contribution in [0.4, 0.5) is 11.4 Å². The third-order valence-corrected chi connectivity index (χ3v) is 3.72. The molecule has 0 aliphatic carbocycles. The molecule has 1 N–H and O–H groups in total. The Morgan fingerprint density at radius 1 is 1.33 bits per heavy atom. The minimum Gasteiger partial charge on any atom is -0.376 e. The lowest BCUT2D eigenvalue weighted by atomic mass is 10.1. The fraction of sp³-hybridized carbons (Fsp3) is 0.308. The molecule has 0 saturated carbocycles. The van der Waals surface area contributed by atoms with Crippen LogP contribution in [0.1, 0.15) is 30.0 Å². The van der Waals surface area contributed by atoms with Crippen molar-refractivity contribution in [3.8, 4) is 0 Å². The Bertz CT molecular complexity index is 657. The van der Waals surface area contributed by atoms with Gasteiger partial charge >= 0.3 is 0 Å². The van der Waals surface area contributed by atoms with Gasteiger partial charge in [-0.3, -0.25) is 10.1 Å². The third kappa shape index (κ3) is 3.11. The first kappa shape index (κ1) is 15.6. The Morgan fingerprint density at radius 3 is 2.33 bits per heavy atom. The molecule has 0 amide bonds. The molecule has 2 aromatic rings. The lowest BCUT2D eigenvalue weighted by Gasteiger charge is -2.17. The summed E-state index contributed by atoms with van der Waals surface area (Å²) >= 11 is 12.1. The first-order chi connectivity index (χ1) is 9.81.